The SMILES string of the molecule is CC(=O)CC(=O)N/N=C(N)/C(C#N)=N/N(C)c1ccccc1. The highest BCUT2D eigenvalue weighted by molar-refractivity contribution is 6.47. The van der Waals surface area contributed by atoms with Gasteiger partial charge < -0.3 is 5.73 Å². The number of nitriles is 1. The lowest BCUT2D eigenvalue weighted by Crippen LogP contribution is -2.30. The van der Waals surface area contributed by atoms with Crippen molar-refractivity contribution in [1.29, 1.82) is 5.26 Å². The average Bonchev–Trinajstić information content (AvgIpc) is 2.50. The molecule has 22 heavy (non-hydrogen) atoms. The number of amidine groups is 1. The number of benzene rings is 1. The number of hydrogen-bond acceptors (Lipinski definition) is 6. The smallest absolute Gasteiger partial charge is 0.247 e. The highest BCUT2D eigenvalue weighted by atomic mass is 16.2. The topological polar surface area (TPSA) is 124 Å². The number of nitrogens with zero attached hydrogens (tertiary/aromatic N) is 4. The molecule has 0 aliphatic carbocycles. The monoisotopic (exact) mass is 300 g/mol. The molecular weight excluding hydrogens is 284 g/mol. The molecule has 0 radical (unpaired) electrons. The van der Waals surface area contributed by atoms with Crippen LogP contribution in [-0.2, 0) is 9.59 Å². The molecule has 0 heterocycles. The Morgan fingerprint density at radius 3 is 2.55 bits per heavy atom. The molecule has 1 rings (SSSR count). The normalized spacial score (nSPS) is 11.5. The molecular formula is C14H16N6O2. The third-order valence-electron chi connectivity index (χ3n) is 2.44. The van der Waals surface area contributed by atoms with E-state index >= 15 is 0 Å². The van der Waals surface area contributed by atoms with E-state index in [-0.39, 0.29) is 23.8 Å². The second-order valence-electron chi connectivity index (χ2n) is 4.33. The Bertz CT molecular complexity index is 645. The molecule has 114 valence electrons. The van der Waals surface area contributed by atoms with Crippen LogP contribution in [0.25, 0.3) is 0 Å². The van der Waals surface area contributed by atoms with Gasteiger partial charge in [-0.3, -0.25) is 14.6 Å². The molecule has 1 aromatic rings. The molecule has 0 atom stereocenters. The minimum absolute atomic E-state index is 0.158. The quantitative estimate of drug-likeness (QED) is 0.340. The van der Waals surface area contributed by atoms with Gasteiger partial charge in [0.15, 0.2) is 5.84 Å². The summed E-state index contributed by atoms with van der Waals surface area (Å²) in [6.45, 7) is 1.28. The summed E-state index contributed by atoms with van der Waals surface area (Å²) in [5, 5.41) is 18.1. The van der Waals surface area contributed by atoms with Crippen molar-refractivity contribution in [3.05, 3.63) is 30.3 Å². The number of carbonyl (C=O) groups is 2. The third kappa shape index (κ3) is 5.42. The fourth-order valence-corrected chi connectivity index (χ4v) is 1.42. The van der Waals surface area contributed by atoms with Gasteiger partial charge in [-0.05, 0) is 19.1 Å². The second kappa shape index (κ2) is 8.16. The van der Waals surface area contributed by atoms with E-state index in [2.05, 4.69) is 15.6 Å². The van der Waals surface area contributed by atoms with E-state index in [0.717, 1.165) is 5.69 Å². The van der Waals surface area contributed by atoms with Gasteiger partial charge in [0, 0.05) is 7.05 Å². The molecule has 3 N–H and O–H groups in total. The Morgan fingerprint density at radius 1 is 1.36 bits per heavy atom. The molecule has 1 amide bonds. The van der Waals surface area contributed by atoms with Gasteiger partial charge in [-0.15, -0.1) is 0 Å². The van der Waals surface area contributed by atoms with Crippen molar-refractivity contribution < 1.29 is 9.59 Å². The summed E-state index contributed by atoms with van der Waals surface area (Å²) in [7, 11) is 1.65. The van der Waals surface area contributed by atoms with Crippen molar-refractivity contribution in [3.8, 4) is 6.07 Å². The first-order valence-corrected chi connectivity index (χ1v) is 6.33. The highest BCUT2D eigenvalue weighted by Crippen LogP contribution is 2.11. The van der Waals surface area contributed by atoms with Crippen LogP contribution in [0.2, 0.25) is 0 Å². The Labute approximate surface area is 127 Å². The third-order valence-corrected chi connectivity index (χ3v) is 2.44. The Hall–Kier alpha value is -3.21. The van der Waals surface area contributed by atoms with E-state index in [0.29, 0.717) is 0 Å². The summed E-state index contributed by atoms with van der Waals surface area (Å²) >= 11 is 0. The van der Waals surface area contributed by atoms with Crippen LogP contribution in [0.5, 0.6) is 0 Å². The van der Waals surface area contributed by atoms with Crippen LogP contribution >= 0.6 is 0 Å². The molecule has 1 aromatic carbocycles. The van der Waals surface area contributed by atoms with Gasteiger partial charge in [-0.1, -0.05) is 18.2 Å². The molecule has 0 fully saturated rings. The first kappa shape index (κ1) is 16.8. The summed E-state index contributed by atoms with van der Waals surface area (Å²) in [5.41, 5.74) is 8.29. The molecule has 0 aromatic heterocycles. The molecule has 0 saturated heterocycles. The van der Waals surface area contributed by atoms with Crippen molar-refractivity contribution in [2.45, 2.75) is 13.3 Å². The zero-order chi connectivity index (χ0) is 16.5. The van der Waals surface area contributed by atoms with Crippen molar-refractivity contribution in [3.63, 3.8) is 0 Å². The molecule has 0 bridgehead atoms. The zero-order valence-corrected chi connectivity index (χ0v) is 12.3. The van der Waals surface area contributed by atoms with E-state index in [1.807, 2.05) is 18.2 Å². The van der Waals surface area contributed by atoms with Gasteiger partial charge in [-0.25, -0.2) is 5.43 Å². The number of anilines is 1. The van der Waals surface area contributed by atoms with Crippen LogP contribution in [0.4, 0.5) is 5.69 Å². The first-order chi connectivity index (χ1) is 10.4. The number of amides is 1. The molecule has 0 aliphatic heterocycles. The molecule has 8 nitrogen and oxygen atoms in total. The van der Waals surface area contributed by atoms with Crippen molar-refractivity contribution in [1.82, 2.24) is 5.43 Å². The minimum Gasteiger partial charge on any atom is -0.380 e. The summed E-state index contributed by atoms with van der Waals surface area (Å²) in [6, 6.07) is 10.9. The average molecular weight is 300 g/mol. The highest BCUT2D eigenvalue weighted by Gasteiger charge is 2.09. The van der Waals surface area contributed by atoms with E-state index in [9.17, 15) is 9.59 Å². The van der Waals surface area contributed by atoms with E-state index in [1.54, 1.807) is 25.2 Å². The number of ketones is 1. The van der Waals surface area contributed by atoms with Gasteiger partial charge in [-0.2, -0.15) is 15.5 Å². The maximum atomic E-state index is 11.3. The molecule has 0 aliphatic rings. The van der Waals surface area contributed by atoms with Crippen LogP contribution in [-0.4, -0.2) is 30.3 Å². The van der Waals surface area contributed by atoms with Crippen molar-refractivity contribution in [2.24, 2.45) is 15.9 Å². The maximum Gasteiger partial charge on any atom is 0.247 e. The number of Topliss-reactive ketones (excluding diaryl/α,β-unsaturated/α-hetero) is 1. The lowest BCUT2D eigenvalue weighted by atomic mass is 10.3. The predicted molar refractivity (Wildman–Crippen MR) is 83.0 cm³/mol. The number of hydrazone groups is 2. The predicted octanol–water partition coefficient (Wildman–Crippen LogP) is 0.370. The first-order valence-electron chi connectivity index (χ1n) is 6.33. The van der Waals surface area contributed by atoms with Crippen LogP contribution < -0.4 is 16.2 Å². The summed E-state index contributed by atoms with van der Waals surface area (Å²) in [5.74, 6) is -1.16. The maximum absolute atomic E-state index is 11.3. The Kier molecular flexibility index (Phi) is 6.25. The molecule has 0 saturated carbocycles. The fourth-order valence-electron chi connectivity index (χ4n) is 1.42. The van der Waals surface area contributed by atoms with Gasteiger partial charge >= 0.3 is 0 Å². The zero-order valence-electron chi connectivity index (χ0n) is 12.3. The standard InChI is InChI=1S/C14H16N6O2/c1-10(21)8-13(22)17-18-14(16)12(9-15)19-20(2)11-6-4-3-5-7-11/h3-7H,8H2,1-2H3,(H2,16,18)(H,17,22)/b19-12+. The summed E-state index contributed by atoms with van der Waals surface area (Å²) in [6.07, 6.45) is -0.306. The molecule has 0 spiro atoms. The Morgan fingerprint density at radius 2 is 2.00 bits per heavy atom. The Balaban J connectivity index is 2.82. The van der Waals surface area contributed by atoms with Crippen LogP contribution in [0.1, 0.15) is 13.3 Å². The lowest BCUT2D eigenvalue weighted by molar-refractivity contribution is -0.127. The number of carbonyl (C=O) groups excluding carboxylic acids is 2. The second-order valence-corrected chi connectivity index (χ2v) is 4.33. The van der Waals surface area contributed by atoms with E-state index in [4.69, 9.17) is 11.0 Å². The van der Waals surface area contributed by atoms with Crippen LogP contribution in [0.3, 0.4) is 0 Å². The largest absolute Gasteiger partial charge is 0.380 e. The van der Waals surface area contributed by atoms with Gasteiger partial charge in [0.2, 0.25) is 11.6 Å². The fraction of sp³-hybridized carbons (Fsp3) is 0.214. The van der Waals surface area contributed by atoms with Gasteiger partial charge in [0.05, 0.1) is 12.1 Å². The molecule has 0 unspecified atom stereocenters. The van der Waals surface area contributed by atoms with Crippen LogP contribution in [0.15, 0.2) is 40.5 Å². The number of hydrogen-bond donors (Lipinski definition) is 2. The number of nitrogens with one attached hydrogen (secondary N) is 1. The van der Waals surface area contributed by atoms with Crippen molar-refractivity contribution in [2.75, 3.05) is 12.1 Å². The number of nitrogens with two attached hydrogens (primary N) is 1. The lowest BCUT2D eigenvalue weighted by Gasteiger charge is -2.13. The number of para-hydroxylation sites is 1. The minimum atomic E-state index is -0.607. The van der Waals surface area contributed by atoms with E-state index in [1.165, 1.54) is 11.9 Å². The summed E-state index contributed by atoms with van der Waals surface area (Å²) in [4.78, 5) is 22.1. The summed E-state index contributed by atoms with van der Waals surface area (Å²) < 4.78 is 0. The van der Waals surface area contributed by atoms with Crippen molar-refractivity contribution >= 4 is 28.9 Å². The molecule has 8 heteroatoms. The number of rotatable bonds is 6. The van der Waals surface area contributed by atoms with Crippen LogP contribution in [0, 0.1) is 11.3 Å². The van der Waals surface area contributed by atoms with Gasteiger partial charge in [0.25, 0.3) is 0 Å². The van der Waals surface area contributed by atoms with E-state index < -0.39 is 5.91 Å². The van der Waals surface area contributed by atoms with Gasteiger partial charge in [0.1, 0.15) is 11.9 Å².